The van der Waals surface area contributed by atoms with Crippen LogP contribution in [0.4, 0.5) is 21.9 Å². The molecule has 1 aliphatic carbocycles. The normalized spacial score (nSPS) is 21.8. The van der Waals surface area contributed by atoms with Crippen molar-refractivity contribution in [2.24, 2.45) is 0 Å². The van der Waals surface area contributed by atoms with Crippen LogP contribution in [0.15, 0.2) is 48.8 Å². The van der Waals surface area contributed by atoms with Gasteiger partial charge in [-0.2, -0.15) is 5.10 Å². The van der Waals surface area contributed by atoms with Gasteiger partial charge < -0.3 is 9.64 Å². The molecule has 0 bridgehead atoms. The predicted octanol–water partition coefficient (Wildman–Crippen LogP) is 7.64. The van der Waals surface area contributed by atoms with Crippen LogP contribution in [-0.4, -0.2) is 54.0 Å². The van der Waals surface area contributed by atoms with E-state index < -0.39 is 0 Å². The molecule has 2 fully saturated rings. The van der Waals surface area contributed by atoms with Crippen LogP contribution >= 0.6 is 0 Å². The summed E-state index contributed by atoms with van der Waals surface area (Å²) in [5.41, 5.74) is 5.97. The van der Waals surface area contributed by atoms with E-state index in [4.69, 9.17) is 4.74 Å². The summed E-state index contributed by atoms with van der Waals surface area (Å²) >= 11 is 0. The molecule has 44 heavy (non-hydrogen) atoms. The van der Waals surface area contributed by atoms with E-state index in [0.29, 0.717) is 24.0 Å². The van der Waals surface area contributed by atoms with Crippen LogP contribution in [0.2, 0.25) is 0 Å². The number of nitrogens with zero attached hydrogens (tertiary/aromatic N) is 5. The summed E-state index contributed by atoms with van der Waals surface area (Å²) in [7, 11) is 0. The van der Waals surface area contributed by atoms with E-state index in [9.17, 15) is 9.59 Å². The molecule has 1 saturated heterocycles. The molecule has 7 rings (SSSR count). The Morgan fingerprint density at radius 3 is 2.34 bits per heavy atom. The number of carbonyl (C=O) groups is 2. The molecule has 0 unspecified atom stereocenters. The molecular weight excluding hydrogens is 550 g/mol. The van der Waals surface area contributed by atoms with Gasteiger partial charge in [-0.1, -0.05) is 37.5 Å². The molecule has 2 amide bonds. The highest BCUT2D eigenvalue weighted by molar-refractivity contribution is 6.03. The Morgan fingerprint density at radius 1 is 0.886 bits per heavy atom. The Morgan fingerprint density at radius 2 is 1.61 bits per heavy atom. The second-order valence-corrected chi connectivity index (χ2v) is 13.5. The highest BCUT2D eigenvalue weighted by Crippen LogP contribution is 2.44. The van der Waals surface area contributed by atoms with Gasteiger partial charge in [-0.25, -0.2) is 4.79 Å². The highest BCUT2D eigenvalue weighted by atomic mass is 16.6. The van der Waals surface area contributed by atoms with E-state index in [1.165, 1.54) is 75.5 Å². The number of quaternary nitrogens is 1. The van der Waals surface area contributed by atoms with Crippen LogP contribution in [0, 0.1) is 0 Å². The lowest BCUT2D eigenvalue weighted by Crippen LogP contribution is -2.54. The van der Waals surface area contributed by atoms with Crippen molar-refractivity contribution in [1.82, 2.24) is 14.3 Å². The quantitative estimate of drug-likeness (QED) is 0.292. The Labute approximate surface area is 261 Å². The number of hydrogen-bond acceptors (Lipinski definition) is 4. The van der Waals surface area contributed by atoms with Crippen molar-refractivity contribution in [3.05, 3.63) is 54.4 Å². The molecule has 0 radical (unpaired) electrons. The van der Waals surface area contributed by atoms with Gasteiger partial charge in [-0.15, -0.1) is 0 Å². The summed E-state index contributed by atoms with van der Waals surface area (Å²) in [6.07, 6.45) is 17.1. The lowest BCUT2D eigenvalue weighted by atomic mass is 9.95. The van der Waals surface area contributed by atoms with E-state index >= 15 is 0 Å². The second-order valence-electron chi connectivity index (χ2n) is 13.5. The number of aromatic nitrogens is 2. The lowest BCUT2D eigenvalue weighted by molar-refractivity contribution is -0.117. The van der Waals surface area contributed by atoms with Crippen molar-refractivity contribution in [3.63, 3.8) is 0 Å². The van der Waals surface area contributed by atoms with Gasteiger partial charge in [-0.3, -0.25) is 18.9 Å². The first kappa shape index (κ1) is 29.1. The van der Waals surface area contributed by atoms with E-state index in [-0.39, 0.29) is 18.0 Å². The molecule has 8 nitrogen and oxygen atoms in total. The summed E-state index contributed by atoms with van der Waals surface area (Å²) in [6, 6.07) is 12.6. The standard InChI is InChI=1S/C36H46N5O3/c1-26-24-38(33-22-29(15-18-32(33)40(26)27(2)42)30-23-37-39(25-30)31-16-17-31)36(43)44-34-14-10-12-28-13-11-21-41(35(28)34)19-8-6-4-3-5-7-9-20-41/h10,12,14-15,18,22-23,25-26,31H,3-9,11,13,16-17,19-21,24H2,1-2H3/q+1/t26-/m0/s1. The zero-order valence-electron chi connectivity index (χ0n) is 26.3. The number of benzene rings is 2. The number of aryl methyl sites for hydroxylation is 1. The minimum atomic E-state index is -0.384. The molecule has 4 aliphatic rings. The average Bonchev–Trinajstić information content (AvgIpc) is 3.75. The van der Waals surface area contributed by atoms with Gasteiger partial charge in [0.15, 0.2) is 11.4 Å². The van der Waals surface area contributed by atoms with Crippen LogP contribution in [0.25, 0.3) is 11.1 Å². The maximum atomic E-state index is 14.3. The summed E-state index contributed by atoms with van der Waals surface area (Å²) < 4.78 is 9.42. The van der Waals surface area contributed by atoms with Gasteiger partial charge in [0.25, 0.3) is 0 Å². The zero-order chi connectivity index (χ0) is 30.3. The molecule has 1 spiro atoms. The topological polar surface area (TPSA) is 67.7 Å². The molecule has 2 aromatic carbocycles. The highest BCUT2D eigenvalue weighted by Gasteiger charge is 2.40. The van der Waals surface area contributed by atoms with Gasteiger partial charge in [0.2, 0.25) is 5.91 Å². The Bertz CT molecular complexity index is 1530. The second kappa shape index (κ2) is 12.0. The molecule has 0 N–H and O–H groups in total. The Kier molecular flexibility index (Phi) is 7.95. The third-order valence-electron chi connectivity index (χ3n) is 10.3. The molecule has 3 aromatic rings. The van der Waals surface area contributed by atoms with Gasteiger partial charge in [0.05, 0.1) is 49.3 Å². The van der Waals surface area contributed by atoms with Crippen molar-refractivity contribution >= 4 is 29.1 Å². The third kappa shape index (κ3) is 5.53. The molecule has 3 aliphatic heterocycles. The van der Waals surface area contributed by atoms with Crippen LogP contribution in [0.1, 0.15) is 89.7 Å². The number of amides is 2. The summed E-state index contributed by atoms with van der Waals surface area (Å²) in [5.74, 6) is 0.669. The fourth-order valence-electron chi connectivity index (χ4n) is 7.98. The fourth-order valence-corrected chi connectivity index (χ4v) is 7.98. The molecule has 8 heteroatoms. The van der Waals surface area contributed by atoms with Crippen molar-refractivity contribution < 1.29 is 14.3 Å². The smallest absolute Gasteiger partial charge is 0.404 e. The lowest BCUT2D eigenvalue weighted by Gasteiger charge is -2.43. The predicted molar refractivity (Wildman–Crippen MR) is 175 cm³/mol. The maximum Gasteiger partial charge on any atom is 0.420 e. The molecule has 4 heterocycles. The first-order valence-corrected chi connectivity index (χ1v) is 16.9. The number of fused-ring (bicyclic) bond motifs is 3. The van der Waals surface area contributed by atoms with Gasteiger partial charge in [-0.05, 0) is 75.6 Å². The molecule has 232 valence electrons. The number of para-hydroxylation sites is 1. The van der Waals surface area contributed by atoms with Crippen LogP contribution in [-0.2, 0) is 11.2 Å². The molecule has 1 saturated carbocycles. The minimum Gasteiger partial charge on any atom is -0.404 e. The van der Waals surface area contributed by atoms with Crippen molar-refractivity contribution in [2.45, 2.75) is 96.6 Å². The Hall–Kier alpha value is -3.65. The van der Waals surface area contributed by atoms with Gasteiger partial charge in [0.1, 0.15) is 0 Å². The molecular formula is C36H46N5O3+. The van der Waals surface area contributed by atoms with Crippen LogP contribution < -0.4 is 19.0 Å². The van der Waals surface area contributed by atoms with Crippen LogP contribution in [0.3, 0.4) is 0 Å². The van der Waals surface area contributed by atoms with Gasteiger partial charge >= 0.3 is 6.09 Å². The molecule has 1 atom stereocenters. The summed E-state index contributed by atoms with van der Waals surface area (Å²) in [4.78, 5) is 30.6. The number of hydrogen-bond donors (Lipinski definition) is 0. The fraction of sp³-hybridized carbons (Fsp3) is 0.528. The first-order chi connectivity index (χ1) is 21.4. The first-order valence-electron chi connectivity index (χ1n) is 16.9. The Balaban J connectivity index is 1.23. The zero-order valence-corrected chi connectivity index (χ0v) is 26.3. The number of carbonyl (C=O) groups excluding carboxylic acids is 2. The van der Waals surface area contributed by atoms with E-state index in [1.807, 2.05) is 48.1 Å². The van der Waals surface area contributed by atoms with E-state index in [2.05, 4.69) is 17.4 Å². The SMILES string of the molecule is CC(=O)N1c2ccc(-c3cnn(C4CC4)c3)cc2N(C(=O)Oc2cccc3c2[N+]2(CCCCCCCCC2)CCC3)C[C@@H]1C. The largest absolute Gasteiger partial charge is 0.420 e. The number of ether oxygens (including phenoxy) is 1. The van der Waals surface area contributed by atoms with Crippen molar-refractivity contribution in [3.8, 4) is 16.9 Å². The summed E-state index contributed by atoms with van der Waals surface area (Å²) in [5, 5.41) is 4.58. The van der Waals surface area contributed by atoms with E-state index in [1.54, 1.807) is 16.7 Å². The average molecular weight is 597 g/mol. The minimum absolute atomic E-state index is 0.0339. The number of rotatable bonds is 3. The third-order valence-corrected chi connectivity index (χ3v) is 10.3. The maximum absolute atomic E-state index is 14.3. The number of anilines is 2. The monoisotopic (exact) mass is 596 g/mol. The van der Waals surface area contributed by atoms with Gasteiger partial charge in [0, 0.05) is 37.2 Å². The van der Waals surface area contributed by atoms with Crippen LogP contribution in [0.5, 0.6) is 5.75 Å². The van der Waals surface area contributed by atoms with Crippen molar-refractivity contribution in [2.75, 3.05) is 36.0 Å². The summed E-state index contributed by atoms with van der Waals surface area (Å²) in [6.45, 7) is 7.28. The van der Waals surface area contributed by atoms with E-state index in [0.717, 1.165) is 47.4 Å². The molecule has 1 aromatic heterocycles. The van der Waals surface area contributed by atoms with Crippen molar-refractivity contribution in [1.29, 1.82) is 0 Å².